The molecule has 8 heteroatoms. The zero-order valence-electron chi connectivity index (χ0n) is 12.0. The lowest BCUT2D eigenvalue weighted by Gasteiger charge is -2.08. The number of hydrogen-bond acceptors (Lipinski definition) is 4. The van der Waals surface area contributed by atoms with Crippen LogP contribution >= 0.6 is 43.2 Å². The normalized spacial score (nSPS) is 10.2. The molecule has 0 atom stereocenters. The minimum absolute atomic E-state index is 0.260. The van der Waals surface area contributed by atoms with Crippen LogP contribution in [0.4, 0.5) is 0 Å². The molecule has 0 aliphatic rings. The van der Waals surface area contributed by atoms with Crippen LogP contribution < -0.4 is 15.6 Å². The second-order valence-electron chi connectivity index (χ2n) is 4.49. The summed E-state index contributed by atoms with van der Waals surface area (Å²) in [4.78, 5) is 23.9. The predicted octanol–water partition coefficient (Wildman–Crippen LogP) is 3.89. The van der Waals surface area contributed by atoms with E-state index in [1.165, 1.54) is 11.3 Å². The number of nitrogens with one attached hydrogen (secondary N) is 2. The van der Waals surface area contributed by atoms with E-state index in [1.807, 2.05) is 24.3 Å². The number of carbonyl (C=O) groups is 2. The van der Waals surface area contributed by atoms with Crippen molar-refractivity contribution >= 4 is 55.0 Å². The highest BCUT2D eigenvalue weighted by atomic mass is 79.9. The Morgan fingerprint density at radius 2 is 1.87 bits per heavy atom. The van der Waals surface area contributed by atoms with Gasteiger partial charge in [0, 0.05) is 6.42 Å². The number of rotatable bonds is 6. The number of benzene rings is 1. The van der Waals surface area contributed by atoms with Crippen LogP contribution in [0.25, 0.3) is 0 Å². The Labute approximate surface area is 154 Å². The first kappa shape index (κ1) is 18.0. The molecule has 2 amide bonds. The Morgan fingerprint density at radius 1 is 1.09 bits per heavy atom. The van der Waals surface area contributed by atoms with Gasteiger partial charge in [-0.15, -0.1) is 11.3 Å². The van der Waals surface area contributed by atoms with Crippen LogP contribution in [0.15, 0.2) is 44.7 Å². The average molecular weight is 462 g/mol. The van der Waals surface area contributed by atoms with Gasteiger partial charge in [0.05, 0.1) is 19.7 Å². The van der Waals surface area contributed by atoms with Gasteiger partial charge >= 0.3 is 0 Å². The van der Waals surface area contributed by atoms with Crippen LogP contribution in [-0.4, -0.2) is 18.4 Å². The molecule has 0 radical (unpaired) electrons. The van der Waals surface area contributed by atoms with Crippen LogP contribution in [-0.2, 0) is 4.79 Å². The maximum absolute atomic E-state index is 11.7. The summed E-state index contributed by atoms with van der Waals surface area (Å²) in [5, 5.41) is 0. The van der Waals surface area contributed by atoms with Gasteiger partial charge in [-0.05, 0) is 62.5 Å². The van der Waals surface area contributed by atoms with Gasteiger partial charge in [0.1, 0.15) is 5.75 Å². The Bertz CT molecular complexity index is 691. The molecule has 2 N–H and O–H groups in total. The van der Waals surface area contributed by atoms with Gasteiger partial charge in [-0.2, -0.15) is 0 Å². The fraction of sp³-hybridized carbons (Fsp3) is 0.200. The van der Waals surface area contributed by atoms with E-state index in [0.29, 0.717) is 17.9 Å². The van der Waals surface area contributed by atoms with Crippen LogP contribution in [0.1, 0.15) is 22.5 Å². The largest absolute Gasteiger partial charge is 0.492 e. The summed E-state index contributed by atoms with van der Waals surface area (Å²) in [7, 11) is 0. The third-order valence-electron chi connectivity index (χ3n) is 2.75. The van der Waals surface area contributed by atoms with E-state index in [-0.39, 0.29) is 18.2 Å². The van der Waals surface area contributed by atoms with Crippen molar-refractivity contribution in [2.24, 2.45) is 0 Å². The Kier molecular flexibility index (Phi) is 7.07. The molecular weight excluding hydrogens is 448 g/mol. The molecule has 2 rings (SSSR count). The zero-order chi connectivity index (χ0) is 16.7. The number of para-hydroxylation sites is 1. The lowest BCUT2D eigenvalue weighted by atomic mass is 10.3. The lowest BCUT2D eigenvalue weighted by Crippen LogP contribution is -2.41. The maximum Gasteiger partial charge on any atom is 0.279 e. The summed E-state index contributed by atoms with van der Waals surface area (Å²) >= 11 is 7.97. The van der Waals surface area contributed by atoms with Crippen molar-refractivity contribution in [1.82, 2.24) is 10.9 Å². The minimum atomic E-state index is -0.335. The van der Waals surface area contributed by atoms with Gasteiger partial charge in [-0.1, -0.05) is 12.1 Å². The summed E-state index contributed by atoms with van der Waals surface area (Å²) in [6.45, 7) is 0.419. The van der Waals surface area contributed by atoms with Gasteiger partial charge in [-0.3, -0.25) is 20.4 Å². The van der Waals surface area contributed by atoms with E-state index in [1.54, 1.807) is 12.1 Å². The van der Waals surface area contributed by atoms with Crippen LogP contribution in [0.5, 0.6) is 5.75 Å². The monoisotopic (exact) mass is 460 g/mol. The molecule has 2 aromatic rings. The van der Waals surface area contributed by atoms with E-state index >= 15 is 0 Å². The molecular formula is C15H14Br2N2O3S. The maximum atomic E-state index is 11.7. The fourth-order valence-corrected chi connectivity index (χ4v) is 3.34. The number of halogens is 2. The van der Waals surface area contributed by atoms with E-state index < -0.39 is 0 Å². The van der Waals surface area contributed by atoms with Crippen molar-refractivity contribution in [3.8, 4) is 5.75 Å². The highest BCUT2D eigenvalue weighted by Gasteiger charge is 2.09. The molecule has 0 saturated heterocycles. The first-order valence-corrected chi connectivity index (χ1v) is 9.18. The molecule has 0 aliphatic heterocycles. The molecule has 23 heavy (non-hydrogen) atoms. The predicted molar refractivity (Wildman–Crippen MR) is 96.5 cm³/mol. The van der Waals surface area contributed by atoms with E-state index in [4.69, 9.17) is 4.74 Å². The average Bonchev–Trinajstić information content (AvgIpc) is 2.97. The summed E-state index contributed by atoms with van der Waals surface area (Å²) in [5.74, 6) is 0.146. The quantitative estimate of drug-likeness (QED) is 0.506. The molecule has 0 bridgehead atoms. The number of carbonyl (C=O) groups excluding carboxylic acids is 2. The van der Waals surface area contributed by atoms with Crippen molar-refractivity contribution < 1.29 is 14.3 Å². The summed E-state index contributed by atoms with van der Waals surface area (Å²) in [6, 6.07) is 11.0. The van der Waals surface area contributed by atoms with Gasteiger partial charge < -0.3 is 4.74 Å². The number of amides is 2. The smallest absolute Gasteiger partial charge is 0.279 e. The molecule has 1 heterocycles. The molecule has 5 nitrogen and oxygen atoms in total. The highest BCUT2D eigenvalue weighted by molar-refractivity contribution is 9.11. The van der Waals surface area contributed by atoms with Crippen molar-refractivity contribution in [1.29, 1.82) is 0 Å². The molecule has 0 fully saturated rings. The molecule has 0 saturated carbocycles. The number of ether oxygens (including phenoxy) is 1. The van der Waals surface area contributed by atoms with Crippen molar-refractivity contribution in [2.45, 2.75) is 12.8 Å². The first-order chi connectivity index (χ1) is 11.1. The third kappa shape index (κ3) is 5.96. The van der Waals surface area contributed by atoms with Crippen molar-refractivity contribution in [3.63, 3.8) is 0 Å². The summed E-state index contributed by atoms with van der Waals surface area (Å²) < 4.78 is 7.30. The minimum Gasteiger partial charge on any atom is -0.492 e. The molecule has 1 aromatic heterocycles. The molecule has 1 aromatic carbocycles. The van der Waals surface area contributed by atoms with Crippen molar-refractivity contribution in [3.05, 3.63) is 49.5 Å². The van der Waals surface area contributed by atoms with Gasteiger partial charge in [0.15, 0.2) is 0 Å². The Morgan fingerprint density at radius 3 is 2.57 bits per heavy atom. The topological polar surface area (TPSA) is 67.4 Å². The number of hydrazine groups is 1. The van der Waals surface area contributed by atoms with Crippen LogP contribution in [0.3, 0.4) is 0 Å². The van der Waals surface area contributed by atoms with E-state index in [0.717, 1.165) is 14.0 Å². The molecule has 0 unspecified atom stereocenters. The molecule has 0 spiro atoms. The third-order valence-corrected chi connectivity index (χ3v) is 5.03. The lowest BCUT2D eigenvalue weighted by molar-refractivity contribution is -0.122. The van der Waals surface area contributed by atoms with E-state index in [9.17, 15) is 9.59 Å². The van der Waals surface area contributed by atoms with Gasteiger partial charge in [0.25, 0.3) is 5.91 Å². The van der Waals surface area contributed by atoms with Crippen molar-refractivity contribution in [2.75, 3.05) is 6.61 Å². The zero-order valence-corrected chi connectivity index (χ0v) is 16.0. The summed E-state index contributed by atoms with van der Waals surface area (Å²) in [6.07, 6.45) is 0.812. The van der Waals surface area contributed by atoms with Gasteiger partial charge in [-0.25, -0.2) is 0 Å². The SMILES string of the molecule is O=C(CCCOc1ccccc1Br)NNC(=O)c1ccc(Br)s1. The second-order valence-corrected chi connectivity index (χ2v) is 7.81. The first-order valence-electron chi connectivity index (χ1n) is 6.78. The van der Waals surface area contributed by atoms with Crippen LogP contribution in [0.2, 0.25) is 0 Å². The number of hydrogen-bond donors (Lipinski definition) is 2. The standard InChI is InChI=1S/C15H14Br2N2O3S/c16-10-4-1-2-5-11(10)22-9-3-6-14(20)18-19-15(21)12-7-8-13(17)23-12/h1-2,4-5,7-8H,3,6,9H2,(H,18,20)(H,19,21). The Hall–Kier alpha value is -1.38. The summed E-state index contributed by atoms with van der Waals surface area (Å²) in [5.41, 5.74) is 4.77. The molecule has 122 valence electrons. The number of thiophene rings is 1. The van der Waals surface area contributed by atoms with Crippen LogP contribution in [0, 0.1) is 0 Å². The van der Waals surface area contributed by atoms with E-state index in [2.05, 4.69) is 42.7 Å². The highest BCUT2D eigenvalue weighted by Crippen LogP contribution is 2.24. The second kappa shape index (κ2) is 9.05. The fourth-order valence-electron chi connectivity index (χ4n) is 1.66. The van der Waals surface area contributed by atoms with Gasteiger partial charge in [0.2, 0.25) is 5.91 Å². The Balaban J connectivity index is 1.64. The molecule has 0 aliphatic carbocycles.